The van der Waals surface area contributed by atoms with E-state index in [2.05, 4.69) is 5.32 Å². The number of carbonyl (C=O) groups is 2. The molecule has 0 spiro atoms. The lowest BCUT2D eigenvalue weighted by atomic mass is 10.3. The van der Waals surface area contributed by atoms with Gasteiger partial charge in [0.1, 0.15) is 12.4 Å². The summed E-state index contributed by atoms with van der Waals surface area (Å²) in [4.78, 5) is 27.5. The molecule has 124 valence electrons. The molecule has 2 aromatic rings. The average molecular weight is 348 g/mol. The Morgan fingerprint density at radius 1 is 1.17 bits per heavy atom. The van der Waals surface area contributed by atoms with Crippen LogP contribution < -0.4 is 10.2 Å². The highest BCUT2D eigenvalue weighted by Gasteiger charge is 2.31. The van der Waals surface area contributed by atoms with Crippen LogP contribution in [0.2, 0.25) is 5.02 Å². The molecule has 1 aliphatic heterocycles. The molecule has 5 nitrogen and oxygen atoms in total. The van der Waals surface area contributed by atoms with E-state index in [4.69, 9.17) is 11.6 Å². The van der Waals surface area contributed by atoms with Crippen LogP contribution in [0.3, 0.4) is 0 Å². The van der Waals surface area contributed by atoms with E-state index in [9.17, 15) is 14.0 Å². The molecule has 1 aliphatic rings. The monoisotopic (exact) mass is 347 g/mol. The van der Waals surface area contributed by atoms with Crippen LogP contribution in [-0.4, -0.2) is 36.5 Å². The van der Waals surface area contributed by atoms with Gasteiger partial charge in [-0.3, -0.25) is 9.69 Å². The van der Waals surface area contributed by atoms with Crippen LogP contribution >= 0.6 is 11.6 Å². The molecular formula is C17H15ClFN3O2. The Morgan fingerprint density at radius 3 is 2.71 bits per heavy atom. The van der Waals surface area contributed by atoms with Crippen molar-refractivity contribution in [2.75, 3.05) is 29.9 Å². The zero-order chi connectivity index (χ0) is 17.1. The first kappa shape index (κ1) is 16.3. The first-order valence-electron chi connectivity index (χ1n) is 7.41. The van der Waals surface area contributed by atoms with Crippen LogP contribution in [0, 0.1) is 5.82 Å². The van der Waals surface area contributed by atoms with Crippen molar-refractivity contribution < 1.29 is 14.0 Å². The highest BCUT2D eigenvalue weighted by atomic mass is 35.5. The van der Waals surface area contributed by atoms with Gasteiger partial charge < -0.3 is 10.2 Å². The summed E-state index contributed by atoms with van der Waals surface area (Å²) < 4.78 is 13.5. The van der Waals surface area contributed by atoms with Crippen molar-refractivity contribution in [2.24, 2.45) is 0 Å². The number of amides is 3. The minimum atomic E-state index is -0.515. The molecule has 24 heavy (non-hydrogen) atoms. The molecule has 1 heterocycles. The third-order valence-electron chi connectivity index (χ3n) is 3.70. The van der Waals surface area contributed by atoms with Crippen LogP contribution in [0.1, 0.15) is 0 Å². The van der Waals surface area contributed by atoms with E-state index in [0.717, 1.165) is 0 Å². The number of rotatable bonds is 4. The Balaban J connectivity index is 1.63. The molecule has 0 unspecified atom stereocenters. The van der Waals surface area contributed by atoms with Crippen molar-refractivity contribution in [2.45, 2.75) is 0 Å². The van der Waals surface area contributed by atoms with Crippen molar-refractivity contribution in [3.63, 3.8) is 0 Å². The minimum Gasteiger partial charge on any atom is -0.322 e. The number of nitrogens with one attached hydrogen (secondary N) is 1. The van der Waals surface area contributed by atoms with E-state index in [1.165, 1.54) is 23.1 Å². The molecule has 0 bridgehead atoms. The van der Waals surface area contributed by atoms with Crippen LogP contribution in [0.15, 0.2) is 48.5 Å². The second-order valence-electron chi connectivity index (χ2n) is 5.36. The normalized spacial score (nSPS) is 14.2. The number of nitrogens with zero attached hydrogens (tertiary/aromatic N) is 2. The highest BCUT2D eigenvalue weighted by Crippen LogP contribution is 2.23. The molecule has 0 radical (unpaired) electrons. The fourth-order valence-electron chi connectivity index (χ4n) is 2.54. The van der Waals surface area contributed by atoms with Gasteiger partial charge in [0.05, 0.1) is 5.69 Å². The lowest BCUT2D eigenvalue weighted by Crippen LogP contribution is -2.37. The molecular weight excluding hydrogens is 333 g/mol. The minimum absolute atomic E-state index is 0.0980. The van der Waals surface area contributed by atoms with E-state index in [0.29, 0.717) is 23.8 Å². The van der Waals surface area contributed by atoms with E-state index in [1.807, 2.05) is 0 Å². The topological polar surface area (TPSA) is 52.7 Å². The number of urea groups is 1. The number of anilines is 2. The van der Waals surface area contributed by atoms with E-state index in [1.54, 1.807) is 35.2 Å². The summed E-state index contributed by atoms with van der Waals surface area (Å²) in [6, 6.07) is 12.6. The zero-order valence-electron chi connectivity index (χ0n) is 12.7. The largest absolute Gasteiger partial charge is 0.325 e. The predicted molar refractivity (Wildman–Crippen MR) is 90.8 cm³/mol. The van der Waals surface area contributed by atoms with Crippen molar-refractivity contribution >= 4 is 34.9 Å². The molecule has 0 saturated carbocycles. The summed E-state index contributed by atoms with van der Waals surface area (Å²) in [6.45, 7) is 0.742. The van der Waals surface area contributed by atoms with E-state index in [-0.39, 0.29) is 18.3 Å². The Bertz CT molecular complexity index is 784. The third kappa shape index (κ3) is 3.49. The zero-order valence-corrected chi connectivity index (χ0v) is 13.5. The summed E-state index contributed by atoms with van der Waals surface area (Å²) in [5, 5.41) is 3.01. The van der Waals surface area contributed by atoms with Crippen molar-refractivity contribution in [1.82, 2.24) is 4.90 Å². The number of carbonyl (C=O) groups excluding carboxylic acids is 2. The molecule has 3 rings (SSSR count). The maximum absolute atomic E-state index is 13.5. The molecule has 0 aliphatic carbocycles. The molecule has 1 N–H and O–H groups in total. The van der Waals surface area contributed by atoms with Gasteiger partial charge in [0.15, 0.2) is 0 Å². The van der Waals surface area contributed by atoms with E-state index >= 15 is 0 Å². The number of hydrogen-bond donors (Lipinski definition) is 1. The molecule has 0 atom stereocenters. The summed E-state index contributed by atoms with van der Waals surface area (Å²) >= 11 is 5.95. The standard InChI is InChI=1S/C17H15ClFN3O2/c18-12-4-3-5-13(10-12)22-9-8-21(17(22)24)11-16(23)20-15-7-2-1-6-14(15)19/h1-7,10H,8-9,11H2,(H,20,23). The average Bonchev–Trinajstić information content (AvgIpc) is 2.90. The Morgan fingerprint density at radius 2 is 1.96 bits per heavy atom. The fourth-order valence-corrected chi connectivity index (χ4v) is 2.72. The fraction of sp³-hybridized carbons (Fsp3) is 0.176. The highest BCUT2D eigenvalue weighted by molar-refractivity contribution is 6.30. The second kappa shape index (κ2) is 6.88. The summed E-state index contributed by atoms with van der Waals surface area (Å²) in [5.74, 6) is -0.958. The van der Waals surface area contributed by atoms with Crippen molar-refractivity contribution in [3.05, 3.63) is 59.4 Å². The SMILES string of the molecule is O=C(CN1CCN(c2cccc(Cl)c2)C1=O)Nc1ccccc1F. The van der Waals surface area contributed by atoms with E-state index < -0.39 is 11.7 Å². The van der Waals surface area contributed by atoms with Gasteiger partial charge in [-0.2, -0.15) is 0 Å². The van der Waals surface area contributed by atoms with Crippen LogP contribution in [0.4, 0.5) is 20.6 Å². The first-order valence-corrected chi connectivity index (χ1v) is 7.79. The molecule has 1 fully saturated rings. The predicted octanol–water partition coefficient (Wildman–Crippen LogP) is 3.36. The lowest BCUT2D eigenvalue weighted by Gasteiger charge is -2.18. The van der Waals surface area contributed by atoms with Gasteiger partial charge in [0.25, 0.3) is 0 Å². The molecule has 3 amide bonds. The second-order valence-corrected chi connectivity index (χ2v) is 5.80. The summed E-state index contributed by atoms with van der Waals surface area (Å²) in [7, 11) is 0. The number of benzene rings is 2. The van der Waals surface area contributed by atoms with Gasteiger partial charge in [-0.25, -0.2) is 9.18 Å². The molecule has 1 saturated heterocycles. The first-order chi connectivity index (χ1) is 11.5. The molecule has 7 heteroatoms. The maximum Gasteiger partial charge on any atom is 0.325 e. The van der Waals surface area contributed by atoms with Crippen LogP contribution in [-0.2, 0) is 4.79 Å². The van der Waals surface area contributed by atoms with Gasteiger partial charge in [0, 0.05) is 23.8 Å². The quantitative estimate of drug-likeness (QED) is 0.922. The lowest BCUT2D eigenvalue weighted by molar-refractivity contribution is -0.116. The number of para-hydroxylation sites is 1. The Labute approximate surface area is 143 Å². The van der Waals surface area contributed by atoms with Crippen LogP contribution in [0.25, 0.3) is 0 Å². The van der Waals surface area contributed by atoms with Gasteiger partial charge in [-0.15, -0.1) is 0 Å². The van der Waals surface area contributed by atoms with Crippen molar-refractivity contribution in [1.29, 1.82) is 0 Å². The van der Waals surface area contributed by atoms with Crippen LogP contribution in [0.5, 0.6) is 0 Å². The third-order valence-corrected chi connectivity index (χ3v) is 3.93. The smallest absolute Gasteiger partial charge is 0.322 e. The Hall–Kier alpha value is -2.60. The molecule has 0 aromatic heterocycles. The Kier molecular flexibility index (Phi) is 4.66. The van der Waals surface area contributed by atoms with Crippen molar-refractivity contribution in [3.8, 4) is 0 Å². The van der Waals surface area contributed by atoms with Gasteiger partial charge in [0.2, 0.25) is 5.91 Å². The summed E-state index contributed by atoms with van der Waals surface area (Å²) in [5.41, 5.74) is 0.783. The van der Waals surface area contributed by atoms with Gasteiger partial charge >= 0.3 is 6.03 Å². The van der Waals surface area contributed by atoms with Gasteiger partial charge in [-0.05, 0) is 30.3 Å². The number of halogens is 2. The maximum atomic E-state index is 13.5. The number of hydrogen-bond acceptors (Lipinski definition) is 2. The molecule has 2 aromatic carbocycles. The summed E-state index contributed by atoms with van der Waals surface area (Å²) in [6.07, 6.45) is 0. The van der Waals surface area contributed by atoms with Gasteiger partial charge in [-0.1, -0.05) is 29.8 Å².